The van der Waals surface area contributed by atoms with Gasteiger partial charge in [0.1, 0.15) is 6.07 Å². The van der Waals surface area contributed by atoms with Gasteiger partial charge in [0.25, 0.3) is 0 Å². The van der Waals surface area contributed by atoms with Crippen LogP contribution in [0.3, 0.4) is 0 Å². The lowest BCUT2D eigenvalue weighted by Gasteiger charge is -2.10. The minimum Gasteiger partial charge on any atom is -0.493 e. The fourth-order valence-corrected chi connectivity index (χ4v) is 2.35. The van der Waals surface area contributed by atoms with Gasteiger partial charge in [-0.3, -0.25) is 0 Å². The van der Waals surface area contributed by atoms with Crippen molar-refractivity contribution < 1.29 is 9.47 Å². The molecular weight excluding hydrogens is 292 g/mol. The Labute approximate surface area is 135 Å². The first-order valence-electron chi connectivity index (χ1n) is 7.26. The summed E-state index contributed by atoms with van der Waals surface area (Å²) in [4.78, 5) is 0. The predicted octanol–water partition coefficient (Wildman–Crippen LogP) is 2.53. The normalized spacial score (nSPS) is 10.2. The molecule has 1 aromatic heterocycles. The molecule has 1 heterocycles. The molecule has 0 bridgehead atoms. The van der Waals surface area contributed by atoms with Gasteiger partial charge in [0, 0.05) is 0 Å². The second-order valence-corrected chi connectivity index (χ2v) is 5.30. The number of hydrogen-bond acceptors (Lipinski definition) is 5. The Morgan fingerprint density at radius 2 is 2.00 bits per heavy atom. The van der Waals surface area contributed by atoms with Crippen molar-refractivity contribution in [1.29, 1.82) is 5.26 Å². The lowest BCUT2D eigenvalue weighted by molar-refractivity contribution is 0.354. The number of aryl methyl sites for hydroxylation is 1. The maximum atomic E-state index is 9.19. The number of ether oxygens (including phenoxy) is 2. The van der Waals surface area contributed by atoms with Gasteiger partial charge in [0.05, 0.1) is 26.5 Å². The zero-order chi connectivity index (χ0) is 16.8. The zero-order valence-corrected chi connectivity index (χ0v) is 13.7. The van der Waals surface area contributed by atoms with Gasteiger partial charge >= 0.3 is 0 Å². The molecule has 23 heavy (non-hydrogen) atoms. The molecule has 2 aromatic rings. The van der Waals surface area contributed by atoms with Crippen LogP contribution in [0, 0.1) is 11.3 Å². The molecular formula is C17H20N4O2. The average molecular weight is 312 g/mol. The summed E-state index contributed by atoms with van der Waals surface area (Å²) >= 11 is 0. The van der Waals surface area contributed by atoms with Gasteiger partial charge in [0.2, 0.25) is 0 Å². The Kier molecular flexibility index (Phi) is 5.36. The first-order valence-corrected chi connectivity index (χ1v) is 7.26. The van der Waals surface area contributed by atoms with Crippen LogP contribution in [0.5, 0.6) is 11.5 Å². The Balaban J connectivity index is 2.19. The smallest absolute Gasteiger partial charge is 0.185 e. The summed E-state index contributed by atoms with van der Waals surface area (Å²) in [6.45, 7) is 6.37. The SMILES string of the molecule is C=C(C)Cn1nnc(C#N)c1CCc1ccc(OC)c(OC)c1. The second-order valence-electron chi connectivity index (χ2n) is 5.30. The maximum absolute atomic E-state index is 9.19. The maximum Gasteiger partial charge on any atom is 0.185 e. The molecule has 1 aromatic carbocycles. The standard InChI is InChI=1S/C17H20N4O2/c1-12(2)11-21-15(14(10-18)19-20-21)7-5-13-6-8-16(22-3)17(9-13)23-4/h6,8-9H,1,5,7,11H2,2-4H3. The van der Waals surface area contributed by atoms with E-state index < -0.39 is 0 Å². The van der Waals surface area contributed by atoms with Crippen LogP contribution in [0.25, 0.3) is 0 Å². The largest absolute Gasteiger partial charge is 0.493 e. The number of benzene rings is 1. The summed E-state index contributed by atoms with van der Waals surface area (Å²) in [5.41, 5.74) is 3.25. The molecule has 0 spiro atoms. The van der Waals surface area contributed by atoms with Crippen molar-refractivity contribution in [2.45, 2.75) is 26.3 Å². The monoisotopic (exact) mass is 312 g/mol. The third-order valence-electron chi connectivity index (χ3n) is 3.46. The van der Waals surface area contributed by atoms with Crippen molar-refractivity contribution in [3.63, 3.8) is 0 Å². The van der Waals surface area contributed by atoms with Gasteiger partial charge in [-0.1, -0.05) is 23.4 Å². The molecule has 0 atom stereocenters. The number of rotatable bonds is 7. The highest BCUT2D eigenvalue weighted by molar-refractivity contribution is 5.43. The lowest BCUT2D eigenvalue weighted by atomic mass is 10.1. The van der Waals surface area contributed by atoms with E-state index >= 15 is 0 Å². The van der Waals surface area contributed by atoms with Crippen molar-refractivity contribution in [3.05, 3.63) is 47.3 Å². The van der Waals surface area contributed by atoms with Gasteiger partial charge in [0.15, 0.2) is 17.2 Å². The molecule has 0 aliphatic carbocycles. The lowest BCUT2D eigenvalue weighted by Crippen LogP contribution is -2.08. The van der Waals surface area contributed by atoms with E-state index in [-0.39, 0.29) is 0 Å². The van der Waals surface area contributed by atoms with Crippen LogP contribution in [0.15, 0.2) is 30.4 Å². The van der Waals surface area contributed by atoms with Crippen LogP contribution in [0.4, 0.5) is 0 Å². The Bertz CT molecular complexity index is 744. The Morgan fingerprint density at radius 3 is 2.61 bits per heavy atom. The van der Waals surface area contributed by atoms with Gasteiger partial charge in [-0.05, 0) is 37.5 Å². The number of methoxy groups -OCH3 is 2. The minimum atomic E-state index is 0.367. The van der Waals surface area contributed by atoms with Crippen molar-refractivity contribution in [3.8, 4) is 17.6 Å². The second kappa shape index (κ2) is 7.45. The average Bonchev–Trinajstić information content (AvgIpc) is 2.93. The summed E-state index contributed by atoms with van der Waals surface area (Å²) in [7, 11) is 3.22. The minimum absolute atomic E-state index is 0.367. The molecule has 0 fully saturated rings. The van der Waals surface area contributed by atoms with E-state index in [1.165, 1.54) is 0 Å². The molecule has 6 nitrogen and oxygen atoms in total. The number of allylic oxidation sites excluding steroid dienone is 1. The van der Waals surface area contributed by atoms with Crippen LogP contribution in [-0.4, -0.2) is 29.2 Å². The quantitative estimate of drug-likeness (QED) is 0.735. The van der Waals surface area contributed by atoms with E-state index in [0.29, 0.717) is 30.2 Å². The molecule has 0 N–H and O–H groups in total. The highest BCUT2D eigenvalue weighted by Gasteiger charge is 2.13. The molecule has 0 aliphatic heterocycles. The van der Waals surface area contributed by atoms with Crippen LogP contribution in [-0.2, 0) is 19.4 Å². The van der Waals surface area contributed by atoms with Crippen LogP contribution in [0.2, 0.25) is 0 Å². The summed E-state index contributed by atoms with van der Waals surface area (Å²) in [5.74, 6) is 1.39. The highest BCUT2D eigenvalue weighted by Crippen LogP contribution is 2.28. The van der Waals surface area contributed by atoms with E-state index in [1.54, 1.807) is 18.9 Å². The molecule has 0 aliphatic rings. The summed E-state index contributed by atoms with van der Waals surface area (Å²) < 4.78 is 12.3. The third-order valence-corrected chi connectivity index (χ3v) is 3.46. The molecule has 2 rings (SSSR count). The topological polar surface area (TPSA) is 73.0 Å². The van der Waals surface area contributed by atoms with Crippen molar-refractivity contribution in [2.75, 3.05) is 14.2 Å². The summed E-state index contributed by atoms with van der Waals surface area (Å²) in [6, 6.07) is 7.90. The molecule has 0 radical (unpaired) electrons. The fraction of sp³-hybridized carbons (Fsp3) is 0.353. The highest BCUT2D eigenvalue weighted by atomic mass is 16.5. The van der Waals surface area contributed by atoms with Gasteiger partial charge in [-0.15, -0.1) is 5.10 Å². The summed E-state index contributed by atoms with van der Waals surface area (Å²) in [6.07, 6.45) is 1.41. The third kappa shape index (κ3) is 3.89. The van der Waals surface area contributed by atoms with Crippen LogP contribution >= 0.6 is 0 Å². The molecule has 120 valence electrons. The first kappa shape index (κ1) is 16.6. The van der Waals surface area contributed by atoms with Crippen molar-refractivity contribution in [2.24, 2.45) is 0 Å². The first-order chi connectivity index (χ1) is 11.1. The fourth-order valence-electron chi connectivity index (χ4n) is 2.35. The zero-order valence-electron chi connectivity index (χ0n) is 13.7. The van der Waals surface area contributed by atoms with Gasteiger partial charge in [-0.2, -0.15) is 5.26 Å². The van der Waals surface area contributed by atoms with Crippen molar-refractivity contribution in [1.82, 2.24) is 15.0 Å². The number of nitrogens with zero attached hydrogens (tertiary/aromatic N) is 4. The predicted molar refractivity (Wildman–Crippen MR) is 86.5 cm³/mol. The number of nitriles is 1. The number of aromatic nitrogens is 3. The Morgan fingerprint density at radius 1 is 1.26 bits per heavy atom. The Hall–Kier alpha value is -2.81. The molecule has 6 heteroatoms. The van der Waals surface area contributed by atoms with E-state index in [9.17, 15) is 5.26 Å². The molecule has 0 unspecified atom stereocenters. The molecule has 0 saturated heterocycles. The molecule has 0 saturated carbocycles. The van der Waals surface area contributed by atoms with Crippen LogP contribution in [0.1, 0.15) is 23.9 Å². The summed E-state index contributed by atoms with van der Waals surface area (Å²) in [5, 5.41) is 17.2. The van der Waals surface area contributed by atoms with E-state index in [1.807, 2.05) is 25.1 Å². The van der Waals surface area contributed by atoms with E-state index in [0.717, 1.165) is 23.3 Å². The van der Waals surface area contributed by atoms with E-state index in [2.05, 4.69) is 23.0 Å². The van der Waals surface area contributed by atoms with Gasteiger partial charge < -0.3 is 9.47 Å². The van der Waals surface area contributed by atoms with Crippen LogP contribution < -0.4 is 9.47 Å². The van der Waals surface area contributed by atoms with Crippen molar-refractivity contribution >= 4 is 0 Å². The molecule has 0 amide bonds. The van der Waals surface area contributed by atoms with E-state index in [4.69, 9.17) is 9.47 Å². The van der Waals surface area contributed by atoms with Gasteiger partial charge in [-0.25, -0.2) is 4.68 Å². The number of hydrogen-bond donors (Lipinski definition) is 0.